The molecule has 1 atom stereocenters. The Hall–Kier alpha value is -2.97. The van der Waals surface area contributed by atoms with Crippen LogP contribution in [0.5, 0.6) is 5.75 Å². The standard InChI is InChI=1S/C19H23F2N3O4/c1-12(2)17-22-9-11-24(17)10-8-15(25)23-16(18(26)27-3)13-4-6-14(7-5-13)28-19(20)21/h4-7,9,11-12,16,19H,8,10H2,1-3H3,(H,23,25). The van der Waals surface area contributed by atoms with E-state index in [1.54, 1.807) is 12.4 Å². The first-order valence-corrected chi connectivity index (χ1v) is 8.74. The van der Waals surface area contributed by atoms with Gasteiger partial charge in [0.2, 0.25) is 5.91 Å². The van der Waals surface area contributed by atoms with E-state index in [0.717, 1.165) is 5.82 Å². The molecule has 2 aromatic rings. The number of alkyl halides is 2. The Morgan fingerprint density at radius 1 is 1.21 bits per heavy atom. The van der Waals surface area contributed by atoms with E-state index >= 15 is 0 Å². The fourth-order valence-electron chi connectivity index (χ4n) is 2.70. The molecule has 1 aromatic carbocycles. The second-order valence-electron chi connectivity index (χ2n) is 6.35. The number of carbonyl (C=O) groups is 2. The van der Waals surface area contributed by atoms with Gasteiger partial charge in [0.15, 0.2) is 6.04 Å². The summed E-state index contributed by atoms with van der Waals surface area (Å²) in [5.41, 5.74) is 0.396. The van der Waals surface area contributed by atoms with Gasteiger partial charge in [-0.25, -0.2) is 9.78 Å². The topological polar surface area (TPSA) is 82.5 Å². The van der Waals surface area contributed by atoms with Crippen molar-refractivity contribution in [2.24, 2.45) is 0 Å². The third-order valence-corrected chi connectivity index (χ3v) is 4.02. The van der Waals surface area contributed by atoms with Crippen LogP contribution in [0.25, 0.3) is 0 Å². The van der Waals surface area contributed by atoms with Crippen molar-refractivity contribution in [2.75, 3.05) is 7.11 Å². The van der Waals surface area contributed by atoms with Crippen molar-refractivity contribution < 1.29 is 27.8 Å². The van der Waals surface area contributed by atoms with Crippen LogP contribution in [-0.2, 0) is 20.9 Å². The summed E-state index contributed by atoms with van der Waals surface area (Å²) in [6.45, 7) is 1.48. The van der Waals surface area contributed by atoms with Gasteiger partial charge in [0.25, 0.3) is 0 Å². The largest absolute Gasteiger partial charge is 0.467 e. The molecule has 0 aliphatic heterocycles. The number of aryl methyl sites for hydroxylation is 1. The van der Waals surface area contributed by atoms with E-state index < -0.39 is 18.6 Å². The van der Waals surface area contributed by atoms with Crippen LogP contribution >= 0.6 is 0 Å². The summed E-state index contributed by atoms with van der Waals surface area (Å²) in [5, 5.41) is 2.62. The lowest BCUT2D eigenvalue weighted by Crippen LogP contribution is -2.35. The number of benzene rings is 1. The Morgan fingerprint density at radius 2 is 1.89 bits per heavy atom. The molecule has 9 heteroatoms. The van der Waals surface area contributed by atoms with Crippen LogP contribution in [0.15, 0.2) is 36.7 Å². The lowest BCUT2D eigenvalue weighted by molar-refractivity contribution is -0.145. The van der Waals surface area contributed by atoms with Crippen molar-refractivity contribution in [1.82, 2.24) is 14.9 Å². The lowest BCUT2D eigenvalue weighted by atomic mass is 10.1. The number of hydrogen-bond acceptors (Lipinski definition) is 5. The minimum atomic E-state index is -2.94. The quantitative estimate of drug-likeness (QED) is 0.660. The molecule has 0 aliphatic carbocycles. The van der Waals surface area contributed by atoms with Gasteiger partial charge in [-0.05, 0) is 17.7 Å². The summed E-state index contributed by atoms with van der Waals surface area (Å²) in [7, 11) is 1.20. The van der Waals surface area contributed by atoms with Gasteiger partial charge in [0.05, 0.1) is 7.11 Å². The highest BCUT2D eigenvalue weighted by Crippen LogP contribution is 2.21. The normalized spacial score (nSPS) is 12.1. The fraction of sp³-hybridized carbons (Fsp3) is 0.421. The monoisotopic (exact) mass is 395 g/mol. The first kappa shape index (κ1) is 21.3. The van der Waals surface area contributed by atoms with Gasteiger partial charge in [-0.1, -0.05) is 26.0 Å². The zero-order valence-corrected chi connectivity index (χ0v) is 15.9. The highest BCUT2D eigenvalue weighted by Gasteiger charge is 2.24. The third-order valence-electron chi connectivity index (χ3n) is 4.02. The smallest absolute Gasteiger partial charge is 0.387 e. The molecule has 2 rings (SSSR count). The SMILES string of the molecule is COC(=O)C(NC(=O)CCn1ccnc1C(C)C)c1ccc(OC(F)F)cc1. The highest BCUT2D eigenvalue weighted by molar-refractivity contribution is 5.85. The number of ether oxygens (including phenoxy) is 2. The van der Waals surface area contributed by atoms with Gasteiger partial charge in [0.1, 0.15) is 11.6 Å². The predicted octanol–water partition coefficient (Wildman–Crippen LogP) is 3.03. The van der Waals surface area contributed by atoms with E-state index in [-0.39, 0.29) is 24.0 Å². The number of halogens is 2. The molecule has 7 nitrogen and oxygen atoms in total. The molecule has 1 unspecified atom stereocenters. The van der Waals surface area contributed by atoms with E-state index in [9.17, 15) is 18.4 Å². The summed E-state index contributed by atoms with van der Waals surface area (Å²) < 4.78 is 35.4. The van der Waals surface area contributed by atoms with Crippen molar-refractivity contribution in [3.8, 4) is 5.75 Å². The summed E-state index contributed by atoms with van der Waals surface area (Å²) in [6, 6.07) is 4.39. The van der Waals surface area contributed by atoms with E-state index in [2.05, 4.69) is 15.0 Å². The molecule has 0 bridgehead atoms. The van der Waals surface area contributed by atoms with Crippen LogP contribution in [0.2, 0.25) is 0 Å². The number of esters is 1. The van der Waals surface area contributed by atoms with Crippen LogP contribution in [-0.4, -0.2) is 35.1 Å². The molecular weight excluding hydrogens is 372 g/mol. The molecule has 1 heterocycles. The van der Waals surface area contributed by atoms with Crippen LogP contribution < -0.4 is 10.1 Å². The van der Waals surface area contributed by atoms with Crippen LogP contribution in [0.3, 0.4) is 0 Å². The maximum atomic E-state index is 12.4. The number of aromatic nitrogens is 2. The molecule has 0 radical (unpaired) electrons. The minimum absolute atomic E-state index is 0.0463. The minimum Gasteiger partial charge on any atom is -0.467 e. The average molecular weight is 395 g/mol. The van der Waals surface area contributed by atoms with E-state index in [0.29, 0.717) is 12.1 Å². The number of rotatable bonds is 9. The second-order valence-corrected chi connectivity index (χ2v) is 6.35. The average Bonchev–Trinajstić information content (AvgIpc) is 3.13. The number of nitrogens with one attached hydrogen (secondary N) is 1. The summed E-state index contributed by atoms with van der Waals surface area (Å²) >= 11 is 0. The fourth-order valence-corrected chi connectivity index (χ4v) is 2.70. The van der Waals surface area contributed by atoms with Crippen molar-refractivity contribution >= 4 is 11.9 Å². The lowest BCUT2D eigenvalue weighted by Gasteiger charge is -2.18. The molecule has 0 saturated heterocycles. The molecule has 0 saturated carbocycles. The van der Waals surface area contributed by atoms with Gasteiger partial charge in [0, 0.05) is 31.3 Å². The first-order chi connectivity index (χ1) is 13.3. The highest BCUT2D eigenvalue weighted by atomic mass is 19.3. The zero-order valence-electron chi connectivity index (χ0n) is 15.9. The van der Waals surface area contributed by atoms with Crippen molar-refractivity contribution in [3.63, 3.8) is 0 Å². The van der Waals surface area contributed by atoms with Crippen LogP contribution in [0.4, 0.5) is 8.78 Å². The predicted molar refractivity (Wildman–Crippen MR) is 96.9 cm³/mol. The van der Waals surface area contributed by atoms with Gasteiger partial charge < -0.3 is 19.4 Å². The Balaban J connectivity index is 2.04. The summed E-state index contributed by atoms with van der Waals surface area (Å²) in [6.07, 6.45) is 3.60. The molecule has 0 aliphatic rings. The molecular formula is C19H23F2N3O4. The zero-order chi connectivity index (χ0) is 20.7. The van der Waals surface area contributed by atoms with Crippen molar-refractivity contribution in [3.05, 3.63) is 48.0 Å². The molecule has 1 aromatic heterocycles. The first-order valence-electron chi connectivity index (χ1n) is 8.74. The van der Waals surface area contributed by atoms with Crippen molar-refractivity contribution in [2.45, 2.75) is 45.4 Å². The molecule has 0 fully saturated rings. The number of amides is 1. The number of carbonyl (C=O) groups excluding carboxylic acids is 2. The molecule has 1 amide bonds. The second kappa shape index (κ2) is 9.82. The van der Waals surface area contributed by atoms with E-state index in [1.165, 1.54) is 31.4 Å². The van der Waals surface area contributed by atoms with Crippen LogP contribution in [0.1, 0.15) is 43.6 Å². The third kappa shape index (κ3) is 5.77. The van der Waals surface area contributed by atoms with Gasteiger partial charge in [-0.3, -0.25) is 4.79 Å². The maximum absolute atomic E-state index is 12.4. The molecule has 28 heavy (non-hydrogen) atoms. The number of nitrogens with zero attached hydrogens (tertiary/aromatic N) is 2. The molecule has 152 valence electrons. The van der Waals surface area contributed by atoms with E-state index in [1.807, 2.05) is 18.4 Å². The van der Waals surface area contributed by atoms with Gasteiger partial charge in [-0.2, -0.15) is 8.78 Å². The Kier molecular flexibility index (Phi) is 7.48. The number of methoxy groups -OCH3 is 1. The van der Waals surface area contributed by atoms with Gasteiger partial charge >= 0.3 is 12.6 Å². The van der Waals surface area contributed by atoms with E-state index in [4.69, 9.17) is 4.74 Å². The number of hydrogen-bond donors (Lipinski definition) is 1. The summed E-state index contributed by atoms with van der Waals surface area (Å²) in [4.78, 5) is 28.7. The Labute approximate surface area is 161 Å². The molecule has 1 N–H and O–H groups in total. The van der Waals surface area contributed by atoms with Crippen molar-refractivity contribution in [1.29, 1.82) is 0 Å². The summed E-state index contributed by atoms with van der Waals surface area (Å²) in [5.74, 6) is 0.0184. The maximum Gasteiger partial charge on any atom is 0.387 e. The van der Waals surface area contributed by atoms with Crippen LogP contribution in [0, 0.1) is 0 Å². The van der Waals surface area contributed by atoms with Gasteiger partial charge in [-0.15, -0.1) is 0 Å². The Bertz CT molecular complexity index is 791. The number of imidazole rings is 1. The Morgan fingerprint density at radius 3 is 2.46 bits per heavy atom. The molecule has 0 spiro atoms.